The average Bonchev–Trinajstić information content (AvgIpc) is 3.36. The third-order valence-corrected chi connectivity index (χ3v) is 5.74. The Morgan fingerprint density at radius 3 is 2.65 bits per heavy atom. The predicted octanol–water partition coefficient (Wildman–Crippen LogP) is 2.38. The molecule has 1 fully saturated rings. The number of hydrogen-bond acceptors (Lipinski definition) is 6. The first kappa shape index (κ1) is 23.2. The van der Waals surface area contributed by atoms with Crippen molar-refractivity contribution < 1.29 is 32.3 Å². The van der Waals surface area contributed by atoms with E-state index < -0.39 is 47.9 Å². The van der Waals surface area contributed by atoms with Crippen LogP contribution in [0.5, 0.6) is 0 Å². The number of carbonyl (C=O) groups excluding carboxylic acids is 1. The Labute approximate surface area is 189 Å². The Bertz CT molecular complexity index is 1280. The highest BCUT2D eigenvalue weighted by Gasteiger charge is 2.38. The number of pyridine rings is 1. The Morgan fingerprint density at radius 1 is 1.26 bits per heavy atom. The van der Waals surface area contributed by atoms with Gasteiger partial charge in [0.05, 0.1) is 35.2 Å². The quantitative estimate of drug-likeness (QED) is 0.486. The summed E-state index contributed by atoms with van der Waals surface area (Å²) in [7, 11) is 0. The van der Waals surface area contributed by atoms with Crippen molar-refractivity contribution in [3.63, 3.8) is 0 Å². The van der Waals surface area contributed by atoms with Gasteiger partial charge in [-0.15, -0.1) is 0 Å². The molecule has 4 N–H and O–H groups in total. The molecular formula is C20H19F4N7O3. The van der Waals surface area contributed by atoms with Gasteiger partial charge in [-0.1, -0.05) is 0 Å². The predicted molar refractivity (Wildman–Crippen MR) is 111 cm³/mol. The van der Waals surface area contributed by atoms with E-state index in [4.69, 9.17) is 10.8 Å². The van der Waals surface area contributed by atoms with Gasteiger partial charge in [0, 0.05) is 30.8 Å². The summed E-state index contributed by atoms with van der Waals surface area (Å²) in [5, 5.41) is 15.6. The molecule has 10 nitrogen and oxygen atoms in total. The zero-order chi connectivity index (χ0) is 24.8. The number of hydrogen-bond donors (Lipinski definition) is 3. The highest BCUT2D eigenvalue weighted by Crippen LogP contribution is 2.38. The van der Waals surface area contributed by atoms with Gasteiger partial charge >= 0.3 is 12.3 Å². The number of anilines is 1. The lowest BCUT2D eigenvalue weighted by Gasteiger charge is -2.18. The third kappa shape index (κ3) is 4.06. The smallest absolute Gasteiger partial charge is 0.418 e. The summed E-state index contributed by atoms with van der Waals surface area (Å²) < 4.78 is 55.2. The van der Waals surface area contributed by atoms with E-state index in [1.54, 1.807) is 0 Å². The van der Waals surface area contributed by atoms with Crippen LogP contribution in [0.2, 0.25) is 0 Å². The topological polar surface area (TPSA) is 139 Å². The van der Waals surface area contributed by atoms with Gasteiger partial charge in [-0.3, -0.25) is 14.2 Å². The van der Waals surface area contributed by atoms with Crippen molar-refractivity contribution in [2.24, 2.45) is 5.92 Å². The molecule has 1 aliphatic rings. The van der Waals surface area contributed by atoms with Crippen LogP contribution in [0.3, 0.4) is 0 Å². The maximum absolute atomic E-state index is 13.6. The van der Waals surface area contributed by atoms with Crippen LogP contribution in [0.1, 0.15) is 21.6 Å². The molecule has 0 saturated carbocycles. The van der Waals surface area contributed by atoms with E-state index in [0.717, 1.165) is 21.8 Å². The molecule has 34 heavy (non-hydrogen) atoms. The number of nitrogen functional groups attached to an aromatic ring is 1. The molecule has 1 aliphatic heterocycles. The summed E-state index contributed by atoms with van der Waals surface area (Å²) in [5.41, 5.74) is 4.65. The number of amides is 2. The van der Waals surface area contributed by atoms with Crippen molar-refractivity contribution in [1.29, 1.82) is 0 Å². The van der Waals surface area contributed by atoms with Crippen molar-refractivity contribution in [3.8, 4) is 11.3 Å². The number of rotatable bonds is 4. The average molecular weight is 481 g/mol. The summed E-state index contributed by atoms with van der Waals surface area (Å²) in [4.78, 5) is 32.9. The molecule has 4 heterocycles. The van der Waals surface area contributed by atoms with Crippen LogP contribution in [0, 0.1) is 12.8 Å². The van der Waals surface area contributed by atoms with Crippen LogP contribution in [-0.2, 0) is 6.18 Å². The first-order chi connectivity index (χ1) is 16.0. The summed E-state index contributed by atoms with van der Waals surface area (Å²) >= 11 is 0. The summed E-state index contributed by atoms with van der Waals surface area (Å²) in [6.07, 6.45) is -3.66. The standard InChI is InChI=1S/C20H19F4N7O3/c1-9-12(18(32)29-14-7-30(19(33)34)6-11(14)4-21)2-10(5-26-9)15-3-13(20(22,23)24)16-17(25)27-8-28-31(15)16/h2-3,5,8,11,14H,4,6-7H2,1H3,(H,29,32)(H,33,34)(H2,25,27,28). The summed E-state index contributed by atoms with van der Waals surface area (Å²) in [6, 6.07) is 1.41. The van der Waals surface area contributed by atoms with Crippen LogP contribution < -0.4 is 11.1 Å². The molecule has 0 aromatic carbocycles. The zero-order valence-electron chi connectivity index (χ0n) is 17.7. The van der Waals surface area contributed by atoms with Crippen molar-refractivity contribution in [1.82, 2.24) is 29.8 Å². The minimum atomic E-state index is -4.74. The van der Waals surface area contributed by atoms with Crippen molar-refractivity contribution in [3.05, 3.63) is 41.5 Å². The van der Waals surface area contributed by atoms with Crippen molar-refractivity contribution in [2.75, 3.05) is 25.5 Å². The van der Waals surface area contributed by atoms with Gasteiger partial charge in [-0.05, 0) is 19.1 Å². The molecule has 0 radical (unpaired) electrons. The maximum Gasteiger partial charge on any atom is 0.418 e. The Balaban J connectivity index is 1.71. The molecule has 3 aromatic heterocycles. The number of alkyl halides is 4. The van der Waals surface area contributed by atoms with Crippen molar-refractivity contribution in [2.45, 2.75) is 19.1 Å². The number of carbonyl (C=O) groups is 2. The SMILES string of the molecule is Cc1ncc(-c2cc(C(F)(F)F)c3c(N)ncnn23)cc1C(=O)NC1CN(C(=O)O)CC1CF. The first-order valence-electron chi connectivity index (χ1n) is 10.0. The molecule has 180 valence electrons. The summed E-state index contributed by atoms with van der Waals surface area (Å²) in [6.45, 7) is 0.548. The number of nitrogens with zero attached hydrogens (tertiary/aromatic N) is 5. The van der Waals surface area contributed by atoms with E-state index in [-0.39, 0.29) is 41.4 Å². The van der Waals surface area contributed by atoms with E-state index >= 15 is 0 Å². The number of carboxylic acid groups (broad SMARTS) is 1. The highest BCUT2D eigenvalue weighted by molar-refractivity contribution is 5.96. The Hall–Kier alpha value is -3.97. The largest absolute Gasteiger partial charge is 0.465 e. The van der Waals surface area contributed by atoms with Crippen LogP contribution in [0.25, 0.3) is 16.8 Å². The molecule has 2 amide bonds. The molecule has 0 bridgehead atoms. The lowest BCUT2D eigenvalue weighted by Crippen LogP contribution is -2.41. The number of aryl methyl sites for hydroxylation is 1. The lowest BCUT2D eigenvalue weighted by atomic mass is 10.0. The molecule has 1 saturated heterocycles. The van der Waals surface area contributed by atoms with E-state index in [1.165, 1.54) is 19.2 Å². The van der Waals surface area contributed by atoms with E-state index in [2.05, 4.69) is 20.4 Å². The number of aromatic nitrogens is 4. The van der Waals surface area contributed by atoms with Gasteiger partial charge in [0.15, 0.2) is 5.82 Å². The maximum atomic E-state index is 13.6. The number of halogens is 4. The van der Waals surface area contributed by atoms with E-state index in [0.29, 0.717) is 0 Å². The van der Waals surface area contributed by atoms with Gasteiger partial charge < -0.3 is 21.1 Å². The van der Waals surface area contributed by atoms with Crippen molar-refractivity contribution >= 4 is 23.3 Å². The molecule has 14 heteroatoms. The Kier molecular flexibility index (Phi) is 5.75. The molecule has 4 rings (SSSR count). The second kappa shape index (κ2) is 8.43. The van der Waals surface area contributed by atoms with Crippen LogP contribution in [-0.4, -0.2) is 67.4 Å². The lowest BCUT2D eigenvalue weighted by molar-refractivity contribution is -0.136. The fourth-order valence-electron chi connectivity index (χ4n) is 3.99. The monoisotopic (exact) mass is 481 g/mol. The second-order valence-electron chi connectivity index (χ2n) is 7.89. The van der Waals surface area contributed by atoms with Gasteiger partial charge in [0.1, 0.15) is 11.8 Å². The third-order valence-electron chi connectivity index (χ3n) is 5.74. The second-order valence-corrected chi connectivity index (χ2v) is 7.89. The number of nitrogens with two attached hydrogens (primary N) is 1. The minimum absolute atomic E-state index is 0.0162. The fourth-order valence-corrected chi connectivity index (χ4v) is 3.99. The minimum Gasteiger partial charge on any atom is -0.465 e. The number of nitrogens with one attached hydrogen (secondary N) is 1. The van der Waals surface area contributed by atoms with Crippen LogP contribution in [0.15, 0.2) is 24.7 Å². The molecule has 2 unspecified atom stereocenters. The van der Waals surface area contributed by atoms with Crippen LogP contribution in [0.4, 0.5) is 28.2 Å². The van der Waals surface area contributed by atoms with E-state index in [9.17, 15) is 27.2 Å². The zero-order valence-corrected chi connectivity index (χ0v) is 17.7. The molecule has 2 atom stereocenters. The molecule has 0 spiro atoms. The molecular weight excluding hydrogens is 462 g/mol. The summed E-state index contributed by atoms with van der Waals surface area (Å²) in [5.74, 6) is -1.75. The van der Waals surface area contributed by atoms with Gasteiger partial charge in [-0.25, -0.2) is 14.3 Å². The van der Waals surface area contributed by atoms with Gasteiger partial charge in [0.2, 0.25) is 0 Å². The van der Waals surface area contributed by atoms with Gasteiger partial charge in [-0.2, -0.15) is 18.3 Å². The molecule has 0 aliphatic carbocycles. The molecule has 3 aromatic rings. The fraction of sp³-hybridized carbons (Fsp3) is 0.350. The highest BCUT2D eigenvalue weighted by atomic mass is 19.4. The van der Waals surface area contributed by atoms with E-state index in [1.807, 2.05) is 0 Å². The number of fused-ring (bicyclic) bond motifs is 1. The Morgan fingerprint density at radius 2 is 2.00 bits per heavy atom. The first-order valence-corrected chi connectivity index (χ1v) is 10.0. The number of likely N-dealkylation sites (tertiary alicyclic amines) is 1. The van der Waals surface area contributed by atoms with Crippen LogP contribution >= 0.6 is 0 Å². The normalized spacial score (nSPS) is 18.4. The van der Waals surface area contributed by atoms with Gasteiger partial charge in [0.25, 0.3) is 5.91 Å².